The maximum absolute atomic E-state index is 12.3. The molecule has 0 aliphatic carbocycles. The summed E-state index contributed by atoms with van der Waals surface area (Å²) in [5.74, 6) is 1.27. The molecule has 2 aromatic rings. The third kappa shape index (κ3) is 3.68. The molecular formula is C18H17ClO3. The molecule has 0 fully saturated rings. The Labute approximate surface area is 135 Å². The smallest absolute Gasteiger partial charge is 0.204 e. The highest BCUT2D eigenvalue weighted by Crippen LogP contribution is 2.22. The van der Waals surface area contributed by atoms with Gasteiger partial charge in [0.2, 0.25) is 5.78 Å². The maximum atomic E-state index is 12.3. The quantitative estimate of drug-likeness (QED) is 0.603. The lowest BCUT2D eigenvalue weighted by molar-refractivity contribution is 0.104. The molecular weight excluding hydrogens is 300 g/mol. The van der Waals surface area contributed by atoms with E-state index >= 15 is 0 Å². The second kappa shape index (κ2) is 7.14. The van der Waals surface area contributed by atoms with Crippen LogP contribution in [0.3, 0.4) is 0 Å². The molecule has 0 bridgehead atoms. The Morgan fingerprint density at radius 3 is 2.27 bits per heavy atom. The van der Waals surface area contributed by atoms with Gasteiger partial charge in [-0.25, -0.2) is 0 Å². The van der Waals surface area contributed by atoms with E-state index in [-0.39, 0.29) is 10.8 Å². The average molecular weight is 317 g/mol. The van der Waals surface area contributed by atoms with Crippen molar-refractivity contribution in [3.8, 4) is 11.5 Å². The fourth-order valence-corrected chi connectivity index (χ4v) is 2.32. The number of Topliss-reactive ketones (excluding diaryl/α,β-unsaturated/α-hetero) is 1. The third-order valence-electron chi connectivity index (χ3n) is 3.28. The second-order valence-electron chi connectivity index (χ2n) is 4.78. The predicted molar refractivity (Wildman–Crippen MR) is 88.9 cm³/mol. The normalized spacial score (nSPS) is 11.2. The minimum Gasteiger partial charge on any atom is -0.497 e. The number of benzene rings is 2. The molecule has 114 valence electrons. The van der Waals surface area contributed by atoms with Crippen molar-refractivity contribution >= 4 is 23.5 Å². The van der Waals surface area contributed by atoms with Gasteiger partial charge in [-0.05, 0) is 60.5 Å². The number of hydrogen-bond donors (Lipinski definition) is 0. The predicted octanol–water partition coefficient (Wildman–Crippen LogP) is 4.47. The molecule has 0 aliphatic heterocycles. The molecule has 22 heavy (non-hydrogen) atoms. The summed E-state index contributed by atoms with van der Waals surface area (Å²) in [6.07, 6.45) is 1.65. The molecule has 0 amide bonds. The number of carbonyl (C=O) groups is 1. The summed E-state index contributed by atoms with van der Waals surface area (Å²) in [5, 5.41) is 0.162. The number of ketones is 1. The highest BCUT2D eigenvalue weighted by Gasteiger charge is 2.10. The number of aryl methyl sites for hydroxylation is 1. The Hall–Kier alpha value is -2.26. The summed E-state index contributed by atoms with van der Waals surface area (Å²) in [7, 11) is 3.20. The van der Waals surface area contributed by atoms with Crippen molar-refractivity contribution in [3.05, 3.63) is 64.2 Å². The minimum absolute atomic E-state index is 0.162. The highest BCUT2D eigenvalue weighted by atomic mass is 35.5. The lowest BCUT2D eigenvalue weighted by atomic mass is 10.1. The van der Waals surface area contributed by atoms with Crippen LogP contribution in [0, 0.1) is 6.92 Å². The van der Waals surface area contributed by atoms with Gasteiger partial charge in [-0.3, -0.25) is 4.79 Å². The molecule has 0 spiro atoms. The van der Waals surface area contributed by atoms with Gasteiger partial charge in [0.15, 0.2) is 0 Å². The van der Waals surface area contributed by atoms with Crippen molar-refractivity contribution in [2.45, 2.75) is 6.92 Å². The zero-order valence-electron chi connectivity index (χ0n) is 12.7. The molecule has 0 aliphatic rings. The fraction of sp³-hybridized carbons (Fsp3) is 0.167. The monoisotopic (exact) mass is 316 g/mol. The van der Waals surface area contributed by atoms with Gasteiger partial charge >= 0.3 is 0 Å². The zero-order chi connectivity index (χ0) is 16.1. The van der Waals surface area contributed by atoms with E-state index in [1.54, 1.807) is 44.6 Å². The lowest BCUT2D eigenvalue weighted by Gasteiger charge is -2.06. The van der Waals surface area contributed by atoms with Gasteiger partial charge in [-0.1, -0.05) is 17.7 Å². The van der Waals surface area contributed by atoms with E-state index in [1.807, 2.05) is 25.1 Å². The average Bonchev–Trinajstić information content (AvgIpc) is 2.54. The molecule has 0 saturated carbocycles. The Bertz CT molecular complexity index is 703. The van der Waals surface area contributed by atoms with E-state index in [9.17, 15) is 4.79 Å². The van der Waals surface area contributed by atoms with Crippen molar-refractivity contribution in [1.29, 1.82) is 0 Å². The summed E-state index contributed by atoms with van der Waals surface area (Å²) in [4.78, 5) is 12.3. The molecule has 0 saturated heterocycles. The van der Waals surface area contributed by atoms with Crippen molar-refractivity contribution in [2.24, 2.45) is 0 Å². The number of rotatable bonds is 5. The number of hydrogen-bond acceptors (Lipinski definition) is 3. The topological polar surface area (TPSA) is 35.5 Å². The van der Waals surface area contributed by atoms with Crippen LogP contribution in [-0.4, -0.2) is 20.0 Å². The van der Waals surface area contributed by atoms with E-state index in [1.165, 1.54) is 0 Å². The lowest BCUT2D eigenvalue weighted by Crippen LogP contribution is -1.99. The Kier molecular flexibility index (Phi) is 5.23. The van der Waals surface area contributed by atoms with E-state index < -0.39 is 0 Å². The van der Waals surface area contributed by atoms with E-state index in [0.717, 1.165) is 16.9 Å². The number of halogens is 1. The van der Waals surface area contributed by atoms with Crippen LogP contribution in [-0.2, 0) is 0 Å². The fourth-order valence-electron chi connectivity index (χ4n) is 2.08. The van der Waals surface area contributed by atoms with Gasteiger partial charge in [0, 0.05) is 5.56 Å². The van der Waals surface area contributed by atoms with Gasteiger partial charge < -0.3 is 9.47 Å². The first-order valence-electron chi connectivity index (χ1n) is 6.75. The zero-order valence-corrected chi connectivity index (χ0v) is 13.5. The van der Waals surface area contributed by atoms with Gasteiger partial charge in [-0.15, -0.1) is 0 Å². The molecule has 0 heterocycles. The van der Waals surface area contributed by atoms with E-state index in [0.29, 0.717) is 11.3 Å². The summed E-state index contributed by atoms with van der Waals surface area (Å²) in [5.41, 5.74) is 2.36. The summed E-state index contributed by atoms with van der Waals surface area (Å²) >= 11 is 6.15. The Balaban J connectivity index is 2.23. The number of carbonyl (C=O) groups excluding carboxylic acids is 1. The first kappa shape index (κ1) is 16.1. The molecule has 0 aromatic heterocycles. The largest absolute Gasteiger partial charge is 0.497 e. The third-order valence-corrected chi connectivity index (χ3v) is 3.56. The number of ether oxygens (including phenoxy) is 2. The summed E-state index contributed by atoms with van der Waals surface area (Å²) < 4.78 is 10.3. The molecule has 3 nitrogen and oxygen atoms in total. The molecule has 0 atom stereocenters. The Morgan fingerprint density at radius 1 is 1.05 bits per heavy atom. The van der Waals surface area contributed by atoms with Crippen molar-refractivity contribution in [3.63, 3.8) is 0 Å². The maximum Gasteiger partial charge on any atom is 0.204 e. The number of methoxy groups -OCH3 is 2. The first-order valence-corrected chi connectivity index (χ1v) is 7.13. The van der Waals surface area contributed by atoms with Crippen LogP contribution in [0.4, 0.5) is 0 Å². The van der Waals surface area contributed by atoms with Crippen molar-refractivity contribution < 1.29 is 14.3 Å². The van der Waals surface area contributed by atoms with E-state index in [4.69, 9.17) is 21.1 Å². The van der Waals surface area contributed by atoms with Crippen molar-refractivity contribution in [2.75, 3.05) is 14.2 Å². The van der Waals surface area contributed by atoms with Crippen LogP contribution in [0.2, 0.25) is 0 Å². The van der Waals surface area contributed by atoms with Gasteiger partial charge in [0.1, 0.15) is 11.5 Å². The standard InChI is InChI=1S/C18H17ClO3/c1-12-10-13(4-9-17(12)22-3)11-16(19)18(20)14-5-7-15(21-2)8-6-14/h4-11H,1-3H3/b16-11-. The first-order chi connectivity index (χ1) is 10.5. The van der Waals surface area contributed by atoms with Crippen LogP contribution >= 0.6 is 11.6 Å². The van der Waals surface area contributed by atoms with Gasteiger partial charge in [-0.2, -0.15) is 0 Å². The Morgan fingerprint density at radius 2 is 1.73 bits per heavy atom. The van der Waals surface area contributed by atoms with E-state index in [2.05, 4.69) is 0 Å². The van der Waals surface area contributed by atoms with Crippen LogP contribution in [0.1, 0.15) is 21.5 Å². The van der Waals surface area contributed by atoms with Crippen LogP contribution in [0.25, 0.3) is 6.08 Å². The molecule has 0 unspecified atom stereocenters. The second-order valence-corrected chi connectivity index (χ2v) is 5.19. The SMILES string of the molecule is COc1ccc(C(=O)/C(Cl)=C/c2ccc(OC)c(C)c2)cc1. The van der Waals surface area contributed by atoms with Crippen LogP contribution in [0.5, 0.6) is 11.5 Å². The molecule has 4 heteroatoms. The molecule has 0 radical (unpaired) electrons. The summed E-state index contributed by atoms with van der Waals surface area (Å²) in [6, 6.07) is 12.5. The molecule has 0 N–H and O–H groups in total. The highest BCUT2D eigenvalue weighted by molar-refractivity contribution is 6.47. The van der Waals surface area contributed by atoms with Crippen molar-refractivity contribution in [1.82, 2.24) is 0 Å². The number of allylic oxidation sites excluding steroid dienone is 1. The summed E-state index contributed by atoms with van der Waals surface area (Å²) in [6.45, 7) is 1.94. The van der Waals surface area contributed by atoms with Crippen LogP contribution in [0.15, 0.2) is 47.5 Å². The van der Waals surface area contributed by atoms with Gasteiger partial charge in [0.05, 0.1) is 19.3 Å². The van der Waals surface area contributed by atoms with Gasteiger partial charge in [0.25, 0.3) is 0 Å². The minimum atomic E-state index is -0.224. The van der Waals surface area contributed by atoms with Crippen LogP contribution < -0.4 is 9.47 Å². The molecule has 2 rings (SSSR count). The molecule has 2 aromatic carbocycles.